The SMILES string of the molecule is CNC(CN(C)CC1CC1)c1ccccc1F. The Morgan fingerprint density at radius 1 is 1.41 bits per heavy atom. The Balaban J connectivity index is 1.97. The molecule has 2 nitrogen and oxygen atoms in total. The zero-order valence-corrected chi connectivity index (χ0v) is 10.6. The Hall–Kier alpha value is -0.930. The van der Waals surface area contributed by atoms with Gasteiger partial charge in [-0.1, -0.05) is 18.2 Å². The number of rotatable bonds is 6. The maximum atomic E-state index is 13.7. The van der Waals surface area contributed by atoms with Gasteiger partial charge in [0.2, 0.25) is 0 Å². The molecule has 1 aliphatic carbocycles. The van der Waals surface area contributed by atoms with Crippen molar-refractivity contribution < 1.29 is 4.39 Å². The maximum absolute atomic E-state index is 13.7. The zero-order chi connectivity index (χ0) is 12.3. The summed E-state index contributed by atoms with van der Waals surface area (Å²) in [6.45, 7) is 1.99. The molecule has 1 N–H and O–H groups in total. The van der Waals surface area contributed by atoms with Crippen LogP contribution in [0, 0.1) is 11.7 Å². The van der Waals surface area contributed by atoms with Crippen LogP contribution in [0.3, 0.4) is 0 Å². The fourth-order valence-corrected chi connectivity index (χ4v) is 2.23. The van der Waals surface area contributed by atoms with Gasteiger partial charge in [0.05, 0.1) is 0 Å². The largest absolute Gasteiger partial charge is 0.312 e. The first kappa shape index (κ1) is 12.5. The zero-order valence-electron chi connectivity index (χ0n) is 10.6. The molecule has 0 spiro atoms. The van der Waals surface area contributed by atoms with E-state index in [0.717, 1.165) is 24.6 Å². The molecule has 0 aromatic heterocycles. The average Bonchev–Trinajstić information content (AvgIpc) is 3.11. The van der Waals surface area contributed by atoms with Crippen LogP contribution in [0.2, 0.25) is 0 Å². The standard InChI is InChI=1S/C14H21FN2/c1-16-14(10-17(2)9-11-7-8-11)12-5-3-4-6-13(12)15/h3-6,11,14,16H,7-10H2,1-2H3. The van der Waals surface area contributed by atoms with Crippen molar-refractivity contribution in [1.29, 1.82) is 0 Å². The summed E-state index contributed by atoms with van der Waals surface area (Å²) in [7, 11) is 4.01. The number of halogens is 1. The van der Waals surface area contributed by atoms with Gasteiger partial charge >= 0.3 is 0 Å². The van der Waals surface area contributed by atoms with Crippen molar-refractivity contribution in [3.05, 3.63) is 35.6 Å². The summed E-state index contributed by atoms with van der Waals surface area (Å²) >= 11 is 0. The van der Waals surface area contributed by atoms with Crippen LogP contribution in [0.4, 0.5) is 4.39 Å². The van der Waals surface area contributed by atoms with Crippen LogP contribution in [0.15, 0.2) is 24.3 Å². The summed E-state index contributed by atoms with van der Waals surface area (Å²) < 4.78 is 13.7. The smallest absolute Gasteiger partial charge is 0.128 e. The lowest BCUT2D eigenvalue weighted by Gasteiger charge is -2.24. The molecule has 3 heteroatoms. The van der Waals surface area contributed by atoms with Gasteiger partial charge in [-0.3, -0.25) is 0 Å². The van der Waals surface area contributed by atoms with E-state index in [0.29, 0.717) is 0 Å². The number of benzene rings is 1. The molecule has 0 amide bonds. The Morgan fingerprint density at radius 2 is 2.12 bits per heavy atom. The highest BCUT2D eigenvalue weighted by Gasteiger charge is 2.24. The quantitative estimate of drug-likeness (QED) is 0.816. The summed E-state index contributed by atoms with van der Waals surface area (Å²) in [5.74, 6) is 0.754. The molecule has 17 heavy (non-hydrogen) atoms. The first-order valence-electron chi connectivity index (χ1n) is 6.31. The summed E-state index contributed by atoms with van der Waals surface area (Å²) in [5, 5.41) is 3.20. The van der Waals surface area contributed by atoms with Crippen molar-refractivity contribution in [2.45, 2.75) is 18.9 Å². The molecule has 0 aliphatic heterocycles. The van der Waals surface area contributed by atoms with E-state index >= 15 is 0 Å². The van der Waals surface area contributed by atoms with Crippen LogP contribution < -0.4 is 5.32 Å². The Morgan fingerprint density at radius 3 is 2.71 bits per heavy atom. The van der Waals surface area contributed by atoms with Gasteiger partial charge in [0.25, 0.3) is 0 Å². The lowest BCUT2D eigenvalue weighted by Crippen LogP contribution is -2.33. The number of hydrogen-bond donors (Lipinski definition) is 1. The van der Waals surface area contributed by atoms with E-state index in [9.17, 15) is 4.39 Å². The molecule has 1 aromatic rings. The molecule has 1 atom stereocenters. The normalized spacial score (nSPS) is 17.4. The molecule has 1 aliphatic rings. The monoisotopic (exact) mass is 236 g/mol. The molecule has 1 fully saturated rings. The Bertz CT molecular complexity index is 363. The fourth-order valence-electron chi connectivity index (χ4n) is 2.23. The molecule has 94 valence electrons. The second kappa shape index (κ2) is 5.61. The van der Waals surface area contributed by atoms with Crippen LogP contribution in [0.25, 0.3) is 0 Å². The minimum Gasteiger partial charge on any atom is -0.312 e. The van der Waals surface area contributed by atoms with Gasteiger partial charge in [-0.25, -0.2) is 4.39 Å². The highest BCUT2D eigenvalue weighted by Crippen LogP contribution is 2.29. The van der Waals surface area contributed by atoms with E-state index in [2.05, 4.69) is 17.3 Å². The first-order chi connectivity index (χ1) is 8.20. The van der Waals surface area contributed by atoms with Crippen LogP contribution in [0.5, 0.6) is 0 Å². The molecule has 0 bridgehead atoms. The van der Waals surface area contributed by atoms with E-state index in [1.54, 1.807) is 6.07 Å². The summed E-state index contributed by atoms with van der Waals surface area (Å²) in [4.78, 5) is 2.30. The lowest BCUT2D eigenvalue weighted by molar-refractivity contribution is 0.283. The minimum absolute atomic E-state index is 0.0694. The van der Waals surface area contributed by atoms with E-state index in [4.69, 9.17) is 0 Å². The van der Waals surface area contributed by atoms with Gasteiger partial charge in [0.15, 0.2) is 0 Å². The molecule has 0 radical (unpaired) electrons. The molecular weight excluding hydrogens is 215 g/mol. The second-order valence-electron chi connectivity index (χ2n) is 5.03. The maximum Gasteiger partial charge on any atom is 0.128 e. The van der Waals surface area contributed by atoms with Crippen LogP contribution >= 0.6 is 0 Å². The van der Waals surface area contributed by atoms with Crippen molar-refractivity contribution in [3.63, 3.8) is 0 Å². The topological polar surface area (TPSA) is 15.3 Å². The van der Waals surface area contributed by atoms with Crippen LogP contribution in [-0.2, 0) is 0 Å². The first-order valence-corrected chi connectivity index (χ1v) is 6.31. The predicted octanol–water partition coefficient (Wildman–Crippen LogP) is 2.43. The van der Waals surface area contributed by atoms with E-state index in [-0.39, 0.29) is 11.9 Å². The predicted molar refractivity (Wildman–Crippen MR) is 68.4 cm³/mol. The van der Waals surface area contributed by atoms with E-state index in [1.807, 2.05) is 19.2 Å². The van der Waals surface area contributed by atoms with Crippen LogP contribution in [-0.4, -0.2) is 32.1 Å². The molecule has 2 rings (SSSR count). The van der Waals surface area contributed by atoms with Gasteiger partial charge in [-0.05, 0) is 38.9 Å². The summed E-state index contributed by atoms with van der Waals surface area (Å²) in [5.41, 5.74) is 0.762. The van der Waals surface area contributed by atoms with Gasteiger partial charge in [-0.2, -0.15) is 0 Å². The molecule has 0 heterocycles. The van der Waals surface area contributed by atoms with Gasteiger partial charge in [-0.15, -0.1) is 0 Å². The number of likely N-dealkylation sites (N-methyl/N-ethyl adjacent to an activating group) is 2. The highest BCUT2D eigenvalue weighted by molar-refractivity contribution is 5.21. The summed E-state index contributed by atoms with van der Waals surface area (Å²) in [6.07, 6.45) is 2.71. The minimum atomic E-state index is -0.119. The van der Waals surface area contributed by atoms with E-state index < -0.39 is 0 Å². The van der Waals surface area contributed by atoms with Crippen LogP contribution in [0.1, 0.15) is 24.4 Å². The number of nitrogens with one attached hydrogen (secondary N) is 1. The highest BCUT2D eigenvalue weighted by atomic mass is 19.1. The van der Waals surface area contributed by atoms with Crippen molar-refractivity contribution in [2.24, 2.45) is 5.92 Å². The van der Waals surface area contributed by atoms with E-state index in [1.165, 1.54) is 18.9 Å². The molecule has 1 unspecified atom stereocenters. The van der Waals surface area contributed by atoms with Crippen molar-refractivity contribution >= 4 is 0 Å². The molecule has 0 saturated heterocycles. The lowest BCUT2D eigenvalue weighted by atomic mass is 10.1. The Kier molecular flexibility index (Phi) is 4.13. The number of nitrogens with zero attached hydrogens (tertiary/aromatic N) is 1. The third-order valence-electron chi connectivity index (χ3n) is 3.39. The fraction of sp³-hybridized carbons (Fsp3) is 0.571. The van der Waals surface area contributed by atoms with Crippen molar-refractivity contribution in [2.75, 3.05) is 27.2 Å². The average molecular weight is 236 g/mol. The summed E-state index contributed by atoms with van der Waals surface area (Å²) in [6, 6.07) is 7.09. The van der Waals surface area contributed by atoms with Crippen molar-refractivity contribution in [1.82, 2.24) is 10.2 Å². The Labute approximate surface area is 103 Å². The number of hydrogen-bond acceptors (Lipinski definition) is 2. The second-order valence-corrected chi connectivity index (χ2v) is 5.03. The van der Waals surface area contributed by atoms with Crippen molar-refractivity contribution in [3.8, 4) is 0 Å². The molecular formula is C14H21FN2. The molecule has 1 saturated carbocycles. The molecule has 1 aromatic carbocycles. The van der Waals surface area contributed by atoms with Gasteiger partial charge < -0.3 is 10.2 Å². The van der Waals surface area contributed by atoms with Gasteiger partial charge in [0, 0.05) is 24.7 Å². The third kappa shape index (κ3) is 3.51. The third-order valence-corrected chi connectivity index (χ3v) is 3.39. The van der Waals surface area contributed by atoms with Gasteiger partial charge in [0.1, 0.15) is 5.82 Å².